The molecule has 0 spiro atoms. The molecule has 0 unspecified atom stereocenters. The number of carboxylic acids is 1. The Morgan fingerprint density at radius 3 is 2.27 bits per heavy atom. The number of benzene rings is 1. The third kappa shape index (κ3) is 10.0. The van der Waals surface area contributed by atoms with Gasteiger partial charge < -0.3 is 22.3 Å². The maximum atomic E-state index is 10.3. The lowest BCUT2D eigenvalue weighted by Crippen LogP contribution is -2.37. The van der Waals surface area contributed by atoms with Crippen LogP contribution in [0, 0.1) is 10.1 Å². The van der Waals surface area contributed by atoms with Crippen molar-refractivity contribution in [1.29, 1.82) is 0 Å². The molecule has 146 valence electrons. The van der Waals surface area contributed by atoms with Gasteiger partial charge in [0.25, 0.3) is 5.69 Å². The van der Waals surface area contributed by atoms with E-state index >= 15 is 0 Å². The van der Waals surface area contributed by atoms with Gasteiger partial charge in [0.15, 0.2) is 0 Å². The molecule has 1 saturated carbocycles. The van der Waals surface area contributed by atoms with E-state index in [0.717, 1.165) is 6.07 Å². The summed E-state index contributed by atoms with van der Waals surface area (Å²) in [6.45, 7) is -0.00463. The molecule has 1 fully saturated rings. The first kappa shape index (κ1) is 23.9. The third-order valence-electron chi connectivity index (χ3n) is 3.52. The smallest absolute Gasteiger partial charge is 0.321 e. The number of halogens is 1. The van der Waals surface area contributed by atoms with E-state index in [4.69, 9.17) is 33.9 Å². The summed E-state index contributed by atoms with van der Waals surface area (Å²) in [5.74, 6) is -1.05. The number of nitro benzene ring substituents is 1. The molecule has 1 aromatic carbocycles. The van der Waals surface area contributed by atoms with Crippen molar-refractivity contribution in [3.8, 4) is 0 Å². The van der Waals surface area contributed by atoms with Crippen LogP contribution in [-0.2, 0) is 4.79 Å². The molecular weight excluding hydrogens is 364 g/mol. The molecule has 1 atom stereocenters. The van der Waals surface area contributed by atoms with E-state index in [9.17, 15) is 19.7 Å². The molecule has 26 heavy (non-hydrogen) atoms. The molecule has 1 aliphatic rings. The van der Waals surface area contributed by atoms with E-state index in [2.05, 4.69) is 0 Å². The topological polar surface area (TPSA) is 176 Å². The largest absolute Gasteiger partial charge is 0.480 e. The van der Waals surface area contributed by atoms with Gasteiger partial charge >= 0.3 is 5.97 Å². The molecule has 1 aliphatic carbocycles. The first-order valence-electron chi connectivity index (χ1n) is 8.06. The lowest BCUT2D eigenvalue weighted by Gasteiger charge is -2.15. The van der Waals surface area contributed by atoms with E-state index in [1.54, 1.807) is 0 Å². The number of rotatable bonds is 4. The standard InChI is InChI=1S/C7H4ClNO3.C6H13N.C3H8N2O2/c8-6-2-1-5(4-10)3-7(6)9(11)12;7-6-4-2-1-3-5-6;4-1-2(5)3(6)7/h1-4H;6H,1-5,7H2;2H,1,4-5H2,(H,6,7)/t;;2-/m..0/s1. The van der Waals surface area contributed by atoms with Gasteiger partial charge in [-0.2, -0.15) is 0 Å². The average Bonchev–Trinajstić information content (AvgIpc) is 2.62. The molecule has 0 aromatic heterocycles. The summed E-state index contributed by atoms with van der Waals surface area (Å²) in [6, 6.07) is 3.51. The van der Waals surface area contributed by atoms with E-state index in [-0.39, 0.29) is 22.8 Å². The van der Waals surface area contributed by atoms with Crippen molar-refractivity contribution in [3.63, 3.8) is 0 Å². The zero-order valence-corrected chi connectivity index (χ0v) is 15.1. The van der Waals surface area contributed by atoms with Crippen LogP contribution in [0.4, 0.5) is 5.69 Å². The van der Waals surface area contributed by atoms with Crippen LogP contribution in [0.25, 0.3) is 0 Å². The average molecular weight is 389 g/mol. The highest BCUT2D eigenvalue weighted by atomic mass is 35.5. The van der Waals surface area contributed by atoms with Gasteiger partial charge in [0.05, 0.1) is 4.92 Å². The fourth-order valence-electron chi connectivity index (χ4n) is 1.98. The highest BCUT2D eigenvalue weighted by Gasteiger charge is 2.11. The lowest BCUT2D eigenvalue weighted by molar-refractivity contribution is -0.384. The molecule has 0 amide bonds. The van der Waals surface area contributed by atoms with Crippen molar-refractivity contribution in [2.45, 2.75) is 44.2 Å². The summed E-state index contributed by atoms with van der Waals surface area (Å²) in [5, 5.41) is 18.3. The quantitative estimate of drug-likeness (QED) is 0.342. The van der Waals surface area contributed by atoms with Crippen molar-refractivity contribution in [2.75, 3.05) is 6.54 Å². The Bertz CT molecular complexity index is 594. The van der Waals surface area contributed by atoms with Crippen molar-refractivity contribution in [2.24, 2.45) is 17.2 Å². The predicted molar refractivity (Wildman–Crippen MR) is 99.2 cm³/mol. The van der Waals surface area contributed by atoms with Gasteiger partial charge in [-0.1, -0.05) is 30.9 Å². The lowest BCUT2D eigenvalue weighted by atomic mass is 9.97. The van der Waals surface area contributed by atoms with Crippen LogP contribution in [0.3, 0.4) is 0 Å². The number of hydrogen-bond acceptors (Lipinski definition) is 7. The third-order valence-corrected chi connectivity index (χ3v) is 3.84. The molecule has 0 heterocycles. The van der Waals surface area contributed by atoms with Crippen LogP contribution in [0.5, 0.6) is 0 Å². The first-order valence-corrected chi connectivity index (χ1v) is 8.43. The van der Waals surface area contributed by atoms with Crippen LogP contribution in [0.1, 0.15) is 42.5 Å². The number of nitro groups is 1. The minimum absolute atomic E-state index is 0.00463. The van der Waals surface area contributed by atoms with E-state index in [1.807, 2.05) is 0 Å². The zero-order valence-electron chi connectivity index (χ0n) is 14.3. The molecule has 2 rings (SSSR count). The Hall–Kier alpha value is -2.07. The fourth-order valence-corrected chi connectivity index (χ4v) is 2.16. The Kier molecular flexibility index (Phi) is 12.1. The number of aldehydes is 1. The summed E-state index contributed by atoms with van der Waals surface area (Å²) in [5.41, 5.74) is 15.4. The van der Waals surface area contributed by atoms with Crippen LogP contribution >= 0.6 is 11.6 Å². The minimum atomic E-state index is -1.05. The molecule has 0 aliphatic heterocycles. The highest BCUT2D eigenvalue weighted by Crippen LogP contribution is 2.24. The minimum Gasteiger partial charge on any atom is -0.480 e. The molecule has 1 aromatic rings. The summed E-state index contributed by atoms with van der Waals surface area (Å²) >= 11 is 5.49. The van der Waals surface area contributed by atoms with Crippen molar-refractivity contribution < 1.29 is 19.6 Å². The molecule has 0 radical (unpaired) electrons. The number of carbonyl (C=O) groups is 2. The van der Waals surface area contributed by atoms with Crippen molar-refractivity contribution in [3.05, 3.63) is 38.9 Å². The summed E-state index contributed by atoms with van der Waals surface area (Å²) < 4.78 is 0. The van der Waals surface area contributed by atoms with E-state index < -0.39 is 16.9 Å². The molecular formula is C16H25ClN4O5. The van der Waals surface area contributed by atoms with Gasteiger partial charge in [0, 0.05) is 24.2 Å². The number of aliphatic carboxylic acids is 1. The summed E-state index contributed by atoms with van der Waals surface area (Å²) in [6.07, 6.45) is 7.19. The SMILES string of the molecule is NC1CCCCC1.NC[C@H](N)C(=O)O.O=Cc1ccc(Cl)c([N+](=O)[O-])c1. The van der Waals surface area contributed by atoms with Gasteiger partial charge in [0.2, 0.25) is 0 Å². The zero-order chi connectivity index (χ0) is 20.1. The van der Waals surface area contributed by atoms with Gasteiger partial charge in [-0.15, -0.1) is 0 Å². The van der Waals surface area contributed by atoms with Crippen LogP contribution in [0.2, 0.25) is 5.02 Å². The Labute approximate surface area is 156 Å². The first-order chi connectivity index (χ1) is 12.2. The number of nitrogens with two attached hydrogens (primary N) is 3. The fraction of sp³-hybridized carbons (Fsp3) is 0.500. The second-order valence-corrected chi connectivity index (χ2v) is 6.07. The summed E-state index contributed by atoms with van der Waals surface area (Å²) in [7, 11) is 0. The number of hydrogen-bond donors (Lipinski definition) is 4. The monoisotopic (exact) mass is 388 g/mol. The normalized spacial score (nSPS) is 14.8. The second kappa shape index (κ2) is 13.2. The van der Waals surface area contributed by atoms with E-state index in [1.165, 1.54) is 44.2 Å². The number of carboxylic acid groups (broad SMARTS) is 1. The highest BCUT2D eigenvalue weighted by molar-refractivity contribution is 6.32. The van der Waals surface area contributed by atoms with Gasteiger partial charge in [0.1, 0.15) is 17.4 Å². The predicted octanol–water partition coefficient (Wildman–Crippen LogP) is 1.70. The second-order valence-electron chi connectivity index (χ2n) is 5.66. The molecule has 10 heteroatoms. The van der Waals surface area contributed by atoms with Crippen LogP contribution in [-0.4, -0.2) is 40.9 Å². The molecule has 7 N–H and O–H groups in total. The van der Waals surface area contributed by atoms with Gasteiger partial charge in [-0.25, -0.2) is 0 Å². The molecule has 9 nitrogen and oxygen atoms in total. The van der Waals surface area contributed by atoms with Crippen LogP contribution < -0.4 is 17.2 Å². The Balaban J connectivity index is 0.000000385. The molecule has 0 saturated heterocycles. The number of nitrogens with zero attached hydrogens (tertiary/aromatic N) is 1. The Morgan fingerprint density at radius 1 is 1.38 bits per heavy atom. The van der Waals surface area contributed by atoms with Gasteiger partial charge in [-0.05, 0) is 25.0 Å². The van der Waals surface area contributed by atoms with Gasteiger partial charge in [-0.3, -0.25) is 19.7 Å². The van der Waals surface area contributed by atoms with E-state index in [0.29, 0.717) is 12.3 Å². The number of carbonyl (C=O) groups excluding carboxylic acids is 1. The maximum absolute atomic E-state index is 10.3. The Morgan fingerprint density at radius 2 is 1.96 bits per heavy atom. The van der Waals surface area contributed by atoms with Crippen LogP contribution in [0.15, 0.2) is 18.2 Å². The van der Waals surface area contributed by atoms with Crippen molar-refractivity contribution in [1.82, 2.24) is 0 Å². The maximum Gasteiger partial charge on any atom is 0.321 e. The summed E-state index contributed by atoms with van der Waals surface area (Å²) in [4.78, 5) is 29.6. The molecule has 0 bridgehead atoms. The van der Waals surface area contributed by atoms with Crippen molar-refractivity contribution >= 4 is 29.5 Å².